The topological polar surface area (TPSA) is 33.5 Å². The molecule has 1 aliphatic rings. The molecule has 1 heterocycles. The van der Waals surface area contributed by atoms with E-state index in [9.17, 15) is 4.79 Å². The molecule has 3 nitrogen and oxygen atoms in total. The lowest BCUT2D eigenvalue weighted by Crippen LogP contribution is -3.16. The van der Waals surface area contributed by atoms with E-state index in [4.69, 9.17) is 0 Å². The van der Waals surface area contributed by atoms with Gasteiger partial charge in [-0.25, -0.2) is 0 Å². The summed E-state index contributed by atoms with van der Waals surface area (Å²) >= 11 is 0. The van der Waals surface area contributed by atoms with E-state index < -0.39 is 0 Å². The molecule has 0 radical (unpaired) electrons. The fourth-order valence-electron chi connectivity index (χ4n) is 2.91. The van der Waals surface area contributed by atoms with Gasteiger partial charge >= 0.3 is 0 Å². The summed E-state index contributed by atoms with van der Waals surface area (Å²) in [5.41, 5.74) is 3.26. The molecule has 0 saturated carbocycles. The molecular formula is C17H27N2O+. The van der Waals surface area contributed by atoms with E-state index >= 15 is 0 Å². The van der Waals surface area contributed by atoms with E-state index in [0.717, 1.165) is 24.3 Å². The second-order valence-electron chi connectivity index (χ2n) is 6.10. The molecule has 0 aromatic heterocycles. The lowest BCUT2D eigenvalue weighted by Gasteiger charge is -2.24. The summed E-state index contributed by atoms with van der Waals surface area (Å²) in [5.74, 6) is 0.149. The van der Waals surface area contributed by atoms with Crippen molar-refractivity contribution < 1.29 is 9.69 Å². The Morgan fingerprint density at radius 3 is 2.45 bits per heavy atom. The third kappa shape index (κ3) is 3.83. The van der Waals surface area contributed by atoms with Gasteiger partial charge < -0.3 is 10.2 Å². The normalized spacial score (nSPS) is 18.4. The fraction of sp³-hybridized carbons (Fsp3) is 0.588. The van der Waals surface area contributed by atoms with Gasteiger partial charge in [0.15, 0.2) is 6.04 Å². The second kappa shape index (κ2) is 6.89. The third-order valence-electron chi connectivity index (χ3n) is 4.40. The van der Waals surface area contributed by atoms with Gasteiger partial charge in [0.2, 0.25) is 0 Å². The van der Waals surface area contributed by atoms with Crippen LogP contribution in [0.1, 0.15) is 43.7 Å². The number of quaternary nitrogens is 1. The Morgan fingerprint density at radius 2 is 1.80 bits per heavy atom. The Bertz CT molecular complexity index is 462. The van der Waals surface area contributed by atoms with Crippen LogP contribution in [0.15, 0.2) is 18.2 Å². The van der Waals surface area contributed by atoms with Crippen LogP contribution in [0.3, 0.4) is 0 Å². The summed E-state index contributed by atoms with van der Waals surface area (Å²) in [4.78, 5) is 13.9. The van der Waals surface area contributed by atoms with Gasteiger partial charge in [-0.2, -0.15) is 0 Å². The highest BCUT2D eigenvalue weighted by molar-refractivity contribution is 5.94. The molecule has 1 aliphatic heterocycles. The first-order valence-electron chi connectivity index (χ1n) is 7.80. The maximum atomic E-state index is 12.5. The number of carbonyl (C=O) groups is 1. The van der Waals surface area contributed by atoms with Crippen molar-refractivity contribution in [1.82, 2.24) is 0 Å². The van der Waals surface area contributed by atoms with Gasteiger partial charge in [0.1, 0.15) is 0 Å². The summed E-state index contributed by atoms with van der Waals surface area (Å²) in [6.45, 7) is 8.40. The van der Waals surface area contributed by atoms with Gasteiger partial charge in [-0.3, -0.25) is 4.79 Å². The molecule has 1 atom stereocenters. The molecule has 1 amide bonds. The van der Waals surface area contributed by atoms with Crippen LogP contribution in [0.2, 0.25) is 0 Å². The number of amides is 1. The highest BCUT2D eigenvalue weighted by Gasteiger charge is 2.25. The van der Waals surface area contributed by atoms with Crippen LogP contribution >= 0.6 is 0 Å². The molecule has 0 bridgehead atoms. The van der Waals surface area contributed by atoms with Crippen molar-refractivity contribution >= 4 is 11.6 Å². The van der Waals surface area contributed by atoms with Gasteiger partial charge in [-0.05, 0) is 63.6 Å². The largest absolute Gasteiger partial charge is 0.325 e. The number of hydrogen-bond donors (Lipinski definition) is 2. The number of hydrogen-bond acceptors (Lipinski definition) is 1. The van der Waals surface area contributed by atoms with Gasteiger partial charge in [0.25, 0.3) is 5.91 Å². The van der Waals surface area contributed by atoms with E-state index in [2.05, 4.69) is 37.4 Å². The maximum absolute atomic E-state index is 12.5. The van der Waals surface area contributed by atoms with Crippen molar-refractivity contribution in [2.45, 2.75) is 52.5 Å². The highest BCUT2D eigenvalue weighted by Crippen LogP contribution is 2.16. The molecule has 2 rings (SSSR count). The molecule has 2 N–H and O–H groups in total. The lowest BCUT2D eigenvalue weighted by molar-refractivity contribution is -0.913. The Balaban J connectivity index is 2.01. The molecule has 0 aliphatic carbocycles. The van der Waals surface area contributed by atoms with E-state index in [1.807, 2.05) is 6.92 Å². The van der Waals surface area contributed by atoms with Crippen LogP contribution in [-0.4, -0.2) is 25.0 Å². The Labute approximate surface area is 122 Å². The molecular weight excluding hydrogens is 248 g/mol. The Hall–Kier alpha value is -1.35. The van der Waals surface area contributed by atoms with Crippen molar-refractivity contribution in [3.8, 4) is 0 Å². The minimum absolute atomic E-state index is 0.0352. The minimum atomic E-state index is 0.0352. The molecule has 1 aromatic rings. The van der Waals surface area contributed by atoms with Crippen LogP contribution in [0.5, 0.6) is 0 Å². The number of aryl methyl sites for hydroxylation is 2. The first-order valence-corrected chi connectivity index (χ1v) is 7.80. The van der Waals surface area contributed by atoms with Crippen LogP contribution in [0.25, 0.3) is 0 Å². The minimum Gasteiger partial charge on any atom is -0.325 e. The number of carbonyl (C=O) groups excluding carboxylic acids is 1. The van der Waals surface area contributed by atoms with Crippen LogP contribution in [0.4, 0.5) is 5.69 Å². The van der Waals surface area contributed by atoms with Crippen LogP contribution in [-0.2, 0) is 4.79 Å². The van der Waals surface area contributed by atoms with Gasteiger partial charge in [-0.15, -0.1) is 0 Å². The number of likely N-dealkylation sites (tertiary alicyclic amines) is 1. The van der Waals surface area contributed by atoms with Crippen molar-refractivity contribution in [3.05, 3.63) is 29.3 Å². The molecule has 110 valence electrons. The van der Waals surface area contributed by atoms with Gasteiger partial charge in [-0.1, -0.05) is 12.1 Å². The van der Waals surface area contributed by atoms with E-state index in [0.29, 0.717) is 0 Å². The average Bonchev–Trinajstić information content (AvgIpc) is 2.71. The van der Waals surface area contributed by atoms with Crippen molar-refractivity contribution in [3.63, 3.8) is 0 Å². The molecule has 1 saturated heterocycles. The zero-order valence-corrected chi connectivity index (χ0v) is 13.0. The second-order valence-corrected chi connectivity index (χ2v) is 6.10. The number of rotatable bonds is 3. The van der Waals surface area contributed by atoms with E-state index in [1.54, 1.807) is 0 Å². The molecule has 20 heavy (non-hydrogen) atoms. The highest BCUT2D eigenvalue weighted by atomic mass is 16.2. The SMILES string of the molecule is Cc1ccc(C)c(NC(=O)[C@@H](C)[NH+]2CCCCCC2)c1. The predicted octanol–water partition coefficient (Wildman–Crippen LogP) is 2.09. The van der Waals surface area contributed by atoms with Crippen molar-refractivity contribution in [2.24, 2.45) is 0 Å². The first kappa shape index (κ1) is 15.0. The maximum Gasteiger partial charge on any atom is 0.282 e. The summed E-state index contributed by atoms with van der Waals surface area (Å²) in [6, 6.07) is 6.23. The smallest absolute Gasteiger partial charge is 0.282 e. The number of nitrogens with one attached hydrogen (secondary N) is 2. The monoisotopic (exact) mass is 275 g/mol. The first-order chi connectivity index (χ1) is 9.58. The standard InChI is InChI=1S/C17H26N2O/c1-13-8-9-14(2)16(12-13)18-17(20)15(3)19-10-6-4-5-7-11-19/h8-9,12,15H,4-7,10-11H2,1-3H3,(H,18,20)/p+1/t15-/m1/s1. The molecule has 1 fully saturated rings. The lowest BCUT2D eigenvalue weighted by atomic mass is 10.1. The average molecular weight is 275 g/mol. The summed E-state index contributed by atoms with van der Waals surface area (Å²) in [7, 11) is 0. The predicted molar refractivity (Wildman–Crippen MR) is 83.2 cm³/mol. The molecule has 0 spiro atoms. The quantitative estimate of drug-likeness (QED) is 0.870. The fourth-order valence-corrected chi connectivity index (χ4v) is 2.91. The van der Waals surface area contributed by atoms with E-state index in [1.165, 1.54) is 36.1 Å². The molecule has 0 unspecified atom stereocenters. The van der Waals surface area contributed by atoms with Crippen molar-refractivity contribution in [2.75, 3.05) is 18.4 Å². The Kier molecular flexibility index (Phi) is 5.18. The summed E-state index contributed by atoms with van der Waals surface area (Å²) < 4.78 is 0. The number of benzene rings is 1. The van der Waals surface area contributed by atoms with Gasteiger partial charge in [0, 0.05) is 5.69 Å². The van der Waals surface area contributed by atoms with Crippen molar-refractivity contribution in [1.29, 1.82) is 0 Å². The zero-order valence-electron chi connectivity index (χ0n) is 13.0. The number of anilines is 1. The van der Waals surface area contributed by atoms with Crippen LogP contribution < -0.4 is 10.2 Å². The van der Waals surface area contributed by atoms with E-state index in [-0.39, 0.29) is 11.9 Å². The zero-order chi connectivity index (χ0) is 14.5. The molecule has 3 heteroatoms. The summed E-state index contributed by atoms with van der Waals surface area (Å²) in [5, 5.41) is 3.11. The molecule has 1 aromatic carbocycles. The Morgan fingerprint density at radius 1 is 1.15 bits per heavy atom. The third-order valence-corrected chi connectivity index (χ3v) is 4.40. The van der Waals surface area contributed by atoms with Crippen LogP contribution in [0, 0.1) is 13.8 Å². The summed E-state index contributed by atoms with van der Waals surface area (Å²) in [6.07, 6.45) is 5.12. The van der Waals surface area contributed by atoms with Gasteiger partial charge in [0.05, 0.1) is 13.1 Å².